The molecule has 0 aliphatic rings. The third-order valence-electron chi connectivity index (χ3n) is 2.20. The summed E-state index contributed by atoms with van der Waals surface area (Å²) in [5.74, 6) is -1.30. The molecule has 92 valence electrons. The quantitative estimate of drug-likeness (QED) is 0.878. The lowest BCUT2D eigenvalue weighted by molar-refractivity contribution is -0.137. The molecule has 0 saturated carbocycles. The van der Waals surface area contributed by atoms with Gasteiger partial charge < -0.3 is 10.0 Å². The molecule has 0 atom stereocenters. The molecule has 0 spiro atoms. The van der Waals surface area contributed by atoms with Gasteiger partial charge in [-0.3, -0.25) is 9.59 Å². The van der Waals surface area contributed by atoms with Gasteiger partial charge in [-0.25, -0.2) is 0 Å². The Morgan fingerprint density at radius 2 is 1.88 bits per heavy atom. The topological polar surface area (TPSA) is 57.6 Å². The van der Waals surface area contributed by atoms with E-state index in [1.807, 2.05) is 6.92 Å². The van der Waals surface area contributed by atoms with Gasteiger partial charge in [0.05, 0.1) is 0 Å². The molecule has 1 N–H and O–H groups in total. The van der Waals surface area contributed by atoms with Crippen LogP contribution < -0.4 is 0 Å². The van der Waals surface area contributed by atoms with E-state index >= 15 is 0 Å². The molecule has 0 saturated heterocycles. The predicted molar refractivity (Wildman–Crippen MR) is 65.3 cm³/mol. The lowest BCUT2D eigenvalue weighted by Gasteiger charge is -2.19. The number of carbonyl (C=O) groups excluding carboxylic acids is 1. The molecule has 0 radical (unpaired) electrons. The number of rotatable bonds is 5. The monoisotopic (exact) mass is 255 g/mol. The molecule has 0 aliphatic carbocycles. The fourth-order valence-electron chi connectivity index (χ4n) is 1.46. The summed E-state index contributed by atoms with van der Waals surface area (Å²) in [6.07, 6.45) is 0.715. The second kappa shape index (κ2) is 6.25. The Balaban J connectivity index is 2.83. The Bertz CT molecular complexity index is 403. The molecule has 1 aromatic rings. The fraction of sp³-hybridized carbons (Fsp3) is 0.333. The van der Waals surface area contributed by atoms with Crippen LogP contribution in [-0.2, 0) is 4.79 Å². The number of carboxylic acids is 1. The summed E-state index contributed by atoms with van der Waals surface area (Å²) >= 11 is 5.72. The van der Waals surface area contributed by atoms with Gasteiger partial charge in [0.25, 0.3) is 5.91 Å². The first-order valence-corrected chi connectivity index (χ1v) is 5.69. The van der Waals surface area contributed by atoms with Crippen molar-refractivity contribution >= 4 is 23.5 Å². The molecule has 4 nitrogen and oxygen atoms in total. The zero-order chi connectivity index (χ0) is 12.8. The fourth-order valence-corrected chi connectivity index (χ4v) is 1.59. The molecule has 1 rings (SSSR count). The van der Waals surface area contributed by atoms with E-state index in [1.165, 1.54) is 4.90 Å². The normalized spacial score (nSPS) is 10.0. The average Bonchev–Trinajstić information content (AvgIpc) is 2.28. The highest BCUT2D eigenvalue weighted by Gasteiger charge is 2.17. The molecule has 17 heavy (non-hydrogen) atoms. The van der Waals surface area contributed by atoms with Crippen molar-refractivity contribution in [1.82, 2.24) is 4.90 Å². The Hall–Kier alpha value is -1.55. The van der Waals surface area contributed by atoms with Gasteiger partial charge >= 0.3 is 5.97 Å². The van der Waals surface area contributed by atoms with Gasteiger partial charge in [0, 0.05) is 17.1 Å². The van der Waals surface area contributed by atoms with Gasteiger partial charge in [-0.1, -0.05) is 18.5 Å². The maximum Gasteiger partial charge on any atom is 0.323 e. The van der Waals surface area contributed by atoms with Crippen LogP contribution in [0, 0.1) is 0 Å². The number of nitrogens with zero attached hydrogens (tertiary/aromatic N) is 1. The summed E-state index contributed by atoms with van der Waals surface area (Å²) < 4.78 is 0. The first-order chi connectivity index (χ1) is 8.04. The lowest BCUT2D eigenvalue weighted by atomic mass is 10.2. The van der Waals surface area contributed by atoms with E-state index < -0.39 is 5.97 Å². The van der Waals surface area contributed by atoms with Crippen LogP contribution in [0.1, 0.15) is 23.7 Å². The molecule has 0 heterocycles. The zero-order valence-corrected chi connectivity index (χ0v) is 10.3. The maximum atomic E-state index is 12.0. The molecular weight excluding hydrogens is 242 g/mol. The van der Waals surface area contributed by atoms with Gasteiger partial charge in [0.1, 0.15) is 6.54 Å². The number of aliphatic carboxylic acids is 1. The summed E-state index contributed by atoms with van der Waals surface area (Å²) in [7, 11) is 0. The third-order valence-corrected chi connectivity index (χ3v) is 2.45. The molecule has 0 bridgehead atoms. The van der Waals surface area contributed by atoms with Crippen LogP contribution in [0.4, 0.5) is 0 Å². The lowest BCUT2D eigenvalue weighted by Crippen LogP contribution is -2.36. The number of halogens is 1. The highest BCUT2D eigenvalue weighted by atomic mass is 35.5. The Kier molecular flexibility index (Phi) is 4.97. The highest BCUT2D eigenvalue weighted by Crippen LogP contribution is 2.11. The van der Waals surface area contributed by atoms with E-state index in [0.29, 0.717) is 23.6 Å². The van der Waals surface area contributed by atoms with E-state index in [1.54, 1.807) is 24.3 Å². The second-order valence-electron chi connectivity index (χ2n) is 3.63. The highest BCUT2D eigenvalue weighted by molar-refractivity contribution is 6.30. The second-order valence-corrected chi connectivity index (χ2v) is 4.06. The Labute approximate surface area is 105 Å². The minimum absolute atomic E-state index is 0.282. The summed E-state index contributed by atoms with van der Waals surface area (Å²) in [4.78, 5) is 24.0. The van der Waals surface area contributed by atoms with E-state index in [9.17, 15) is 9.59 Å². The largest absolute Gasteiger partial charge is 0.480 e. The van der Waals surface area contributed by atoms with Crippen molar-refractivity contribution in [2.45, 2.75) is 13.3 Å². The molecular formula is C12H14ClNO3. The predicted octanol–water partition coefficient (Wildman–Crippen LogP) is 2.28. The van der Waals surface area contributed by atoms with Crippen LogP contribution in [0.5, 0.6) is 0 Å². The number of amides is 1. The Morgan fingerprint density at radius 3 is 2.35 bits per heavy atom. The number of hydrogen-bond acceptors (Lipinski definition) is 2. The van der Waals surface area contributed by atoms with Crippen molar-refractivity contribution in [3.8, 4) is 0 Å². The van der Waals surface area contributed by atoms with Crippen LogP contribution in [0.3, 0.4) is 0 Å². The molecule has 1 aromatic carbocycles. The molecule has 5 heteroatoms. The van der Waals surface area contributed by atoms with Crippen molar-refractivity contribution in [3.05, 3.63) is 34.9 Å². The van der Waals surface area contributed by atoms with Crippen LogP contribution in [0.15, 0.2) is 24.3 Å². The average molecular weight is 256 g/mol. The summed E-state index contributed by atoms with van der Waals surface area (Å²) in [5, 5.41) is 9.28. The van der Waals surface area contributed by atoms with E-state index in [0.717, 1.165) is 0 Å². The van der Waals surface area contributed by atoms with Crippen LogP contribution in [0.2, 0.25) is 5.02 Å². The minimum atomic E-state index is -1.01. The van der Waals surface area contributed by atoms with E-state index in [4.69, 9.17) is 16.7 Å². The smallest absolute Gasteiger partial charge is 0.323 e. The molecule has 0 aliphatic heterocycles. The van der Waals surface area contributed by atoms with Crippen molar-refractivity contribution < 1.29 is 14.7 Å². The minimum Gasteiger partial charge on any atom is -0.480 e. The van der Waals surface area contributed by atoms with Crippen LogP contribution in [0.25, 0.3) is 0 Å². The first-order valence-electron chi connectivity index (χ1n) is 5.31. The summed E-state index contributed by atoms with van der Waals surface area (Å²) in [6, 6.07) is 6.41. The Morgan fingerprint density at radius 1 is 1.29 bits per heavy atom. The number of carboxylic acid groups (broad SMARTS) is 1. The third kappa shape index (κ3) is 4.07. The molecule has 0 fully saturated rings. The van der Waals surface area contributed by atoms with Gasteiger partial charge in [-0.15, -0.1) is 0 Å². The van der Waals surface area contributed by atoms with Gasteiger partial charge in [-0.2, -0.15) is 0 Å². The van der Waals surface area contributed by atoms with Gasteiger partial charge in [0.15, 0.2) is 0 Å². The van der Waals surface area contributed by atoms with E-state index in [-0.39, 0.29) is 12.5 Å². The van der Waals surface area contributed by atoms with Gasteiger partial charge in [-0.05, 0) is 30.7 Å². The number of hydrogen-bond donors (Lipinski definition) is 1. The first kappa shape index (κ1) is 13.5. The van der Waals surface area contributed by atoms with Crippen LogP contribution in [-0.4, -0.2) is 35.0 Å². The molecule has 0 unspecified atom stereocenters. The summed E-state index contributed by atoms with van der Waals surface area (Å²) in [5.41, 5.74) is 0.448. The number of carbonyl (C=O) groups is 2. The maximum absolute atomic E-state index is 12.0. The van der Waals surface area contributed by atoms with E-state index in [2.05, 4.69) is 0 Å². The zero-order valence-electron chi connectivity index (χ0n) is 9.52. The summed E-state index contributed by atoms with van der Waals surface area (Å²) in [6.45, 7) is 2.03. The molecule has 1 amide bonds. The van der Waals surface area contributed by atoms with Crippen molar-refractivity contribution in [2.24, 2.45) is 0 Å². The van der Waals surface area contributed by atoms with Crippen molar-refractivity contribution in [2.75, 3.05) is 13.1 Å². The number of benzene rings is 1. The molecule has 0 aromatic heterocycles. The van der Waals surface area contributed by atoms with Crippen molar-refractivity contribution in [3.63, 3.8) is 0 Å². The standard InChI is InChI=1S/C12H14ClNO3/c1-2-7-14(8-11(15)16)12(17)9-3-5-10(13)6-4-9/h3-6H,2,7-8H2,1H3,(H,15,16). The SMILES string of the molecule is CCCN(CC(=O)O)C(=O)c1ccc(Cl)cc1. The van der Waals surface area contributed by atoms with Crippen LogP contribution >= 0.6 is 11.6 Å². The van der Waals surface area contributed by atoms with Gasteiger partial charge in [0.2, 0.25) is 0 Å². The van der Waals surface area contributed by atoms with Crippen molar-refractivity contribution in [1.29, 1.82) is 0 Å².